The summed E-state index contributed by atoms with van der Waals surface area (Å²) in [4.78, 5) is 11.4. The van der Waals surface area contributed by atoms with Crippen LogP contribution < -0.4 is 10.5 Å². The van der Waals surface area contributed by atoms with Crippen LogP contribution in [0, 0.1) is 11.3 Å². The Morgan fingerprint density at radius 3 is 2.83 bits per heavy atom. The van der Waals surface area contributed by atoms with Crippen LogP contribution in [-0.2, 0) is 0 Å². The summed E-state index contributed by atoms with van der Waals surface area (Å²) in [6.45, 7) is 0. The van der Waals surface area contributed by atoms with Gasteiger partial charge in [-0.15, -0.1) is 0 Å². The Labute approximate surface area is 103 Å². The van der Waals surface area contributed by atoms with E-state index in [4.69, 9.17) is 15.7 Å². The van der Waals surface area contributed by atoms with Crippen molar-refractivity contribution in [1.29, 1.82) is 5.26 Å². The molecule has 0 saturated heterocycles. The van der Waals surface area contributed by atoms with Gasteiger partial charge in [-0.05, 0) is 6.07 Å². The van der Waals surface area contributed by atoms with Crippen molar-refractivity contribution in [2.75, 3.05) is 12.8 Å². The molecule has 0 fully saturated rings. The van der Waals surface area contributed by atoms with Crippen LogP contribution in [0.3, 0.4) is 0 Å². The van der Waals surface area contributed by atoms with Gasteiger partial charge in [0.15, 0.2) is 0 Å². The third-order valence-electron chi connectivity index (χ3n) is 2.24. The molecule has 0 atom stereocenters. The molecule has 2 rings (SSSR count). The highest BCUT2D eigenvalue weighted by Crippen LogP contribution is 2.28. The number of pyridine rings is 1. The van der Waals surface area contributed by atoms with Gasteiger partial charge in [-0.1, -0.05) is 0 Å². The van der Waals surface area contributed by atoms with E-state index in [9.17, 15) is 5.11 Å². The molecule has 7 nitrogen and oxygen atoms in total. The number of hydrogen-bond acceptors (Lipinski definition) is 7. The molecule has 0 bridgehead atoms. The first-order valence-corrected chi connectivity index (χ1v) is 4.91. The lowest BCUT2D eigenvalue weighted by Crippen LogP contribution is -2.00. The van der Waals surface area contributed by atoms with Gasteiger partial charge in [0.1, 0.15) is 17.4 Å². The molecule has 0 amide bonds. The normalized spacial score (nSPS) is 9.78. The van der Waals surface area contributed by atoms with E-state index in [2.05, 4.69) is 15.0 Å². The Morgan fingerprint density at radius 1 is 1.39 bits per heavy atom. The number of nitrogen functional groups attached to an aromatic ring is 1. The van der Waals surface area contributed by atoms with E-state index in [0.29, 0.717) is 11.3 Å². The third-order valence-corrected chi connectivity index (χ3v) is 2.24. The lowest BCUT2D eigenvalue weighted by atomic mass is 10.1. The Hall–Kier alpha value is -2.88. The van der Waals surface area contributed by atoms with Gasteiger partial charge >= 0.3 is 0 Å². The number of methoxy groups -OCH3 is 1. The fraction of sp³-hybridized carbons (Fsp3) is 0.0909. The molecule has 3 N–H and O–H groups in total. The summed E-state index contributed by atoms with van der Waals surface area (Å²) in [5.74, 6) is -0.0693. The topological polar surface area (TPSA) is 118 Å². The molecular weight excluding hydrogens is 234 g/mol. The lowest BCUT2D eigenvalue weighted by molar-refractivity contribution is 0.413. The average molecular weight is 243 g/mol. The summed E-state index contributed by atoms with van der Waals surface area (Å²) < 4.78 is 5.03. The van der Waals surface area contributed by atoms with E-state index in [0.717, 1.165) is 0 Å². The number of anilines is 1. The fourth-order valence-corrected chi connectivity index (χ4v) is 1.44. The molecule has 2 heterocycles. The van der Waals surface area contributed by atoms with Crippen LogP contribution in [0.15, 0.2) is 18.5 Å². The van der Waals surface area contributed by atoms with Gasteiger partial charge in [-0.3, -0.25) is 4.98 Å². The fourth-order valence-electron chi connectivity index (χ4n) is 1.44. The minimum Gasteiger partial charge on any atom is -0.495 e. The van der Waals surface area contributed by atoms with Crippen LogP contribution in [-0.4, -0.2) is 27.2 Å². The Balaban J connectivity index is 2.66. The van der Waals surface area contributed by atoms with Gasteiger partial charge in [0.2, 0.25) is 11.8 Å². The van der Waals surface area contributed by atoms with Crippen molar-refractivity contribution < 1.29 is 9.84 Å². The van der Waals surface area contributed by atoms with E-state index in [1.54, 1.807) is 6.07 Å². The second kappa shape index (κ2) is 4.55. The highest BCUT2D eigenvalue weighted by molar-refractivity contribution is 5.70. The van der Waals surface area contributed by atoms with E-state index in [1.165, 1.54) is 19.5 Å². The molecule has 0 saturated carbocycles. The van der Waals surface area contributed by atoms with Crippen molar-refractivity contribution >= 4 is 5.95 Å². The van der Waals surface area contributed by atoms with Crippen LogP contribution in [0.25, 0.3) is 11.3 Å². The van der Waals surface area contributed by atoms with Gasteiger partial charge in [0.05, 0.1) is 19.0 Å². The number of rotatable bonds is 2. The summed E-state index contributed by atoms with van der Waals surface area (Å²) >= 11 is 0. The first-order valence-electron chi connectivity index (χ1n) is 4.91. The van der Waals surface area contributed by atoms with E-state index in [1.807, 2.05) is 6.07 Å². The smallest absolute Gasteiger partial charge is 0.234 e. The maximum Gasteiger partial charge on any atom is 0.234 e. The predicted octanol–water partition coefficient (Wildman–Crippen LogP) is 0.707. The van der Waals surface area contributed by atoms with E-state index < -0.39 is 5.88 Å². The highest BCUT2D eigenvalue weighted by Gasteiger charge is 2.15. The predicted molar refractivity (Wildman–Crippen MR) is 62.6 cm³/mol. The molecule has 18 heavy (non-hydrogen) atoms. The molecule has 0 aromatic carbocycles. The number of aromatic nitrogens is 3. The number of nitrogens with zero attached hydrogens (tertiary/aromatic N) is 4. The second-order valence-corrected chi connectivity index (χ2v) is 3.35. The molecule has 0 aliphatic rings. The minimum absolute atomic E-state index is 0.0562. The number of nitriles is 1. The van der Waals surface area contributed by atoms with Crippen molar-refractivity contribution in [1.82, 2.24) is 15.0 Å². The van der Waals surface area contributed by atoms with Gasteiger partial charge in [-0.2, -0.15) is 10.2 Å². The summed E-state index contributed by atoms with van der Waals surface area (Å²) in [5.41, 5.74) is 6.12. The molecule has 0 spiro atoms. The Bertz CT molecular complexity index is 636. The second-order valence-electron chi connectivity index (χ2n) is 3.35. The molecule has 2 aromatic heterocycles. The minimum atomic E-state index is -0.456. The molecule has 0 unspecified atom stereocenters. The van der Waals surface area contributed by atoms with Gasteiger partial charge in [0.25, 0.3) is 0 Å². The zero-order valence-electron chi connectivity index (χ0n) is 9.45. The molecular formula is C11H9N5O2. The number of nitrogens with two attached hydrogens (primary N) is 1. The lowest BCUT2D eigenvalue weighted by Gasteiger charge is -2.06. The van der Waals surface area contributed by atoms with Crippen LogP contribution in [0.4, 0.5) is 5.95 Å². The molecule has 0 aliphatic heterocycles. The highest BCUT2D eigenvalue weighted by atomic mass is 16.5. The number of aromatic hydroxyl groups is 1. The van der Waals surface area contributed by atoms with E-state index in [-0.39, 0.29) is 17.2 Å². The Kier molecular flexibility index (Phi) is 2.93. The monoisotopic (exact) mass is 243 g/mol. The van der Waals surface area contributed by atoms with E-state index >= 15 is 0 Å². The molecule has 2 aromatic rings. The van der Waals surface area contributed by atoms with Crippen molar-refractivity contribution in [3.8, 4) is 29.0 Å². The van der Waals surface area contributed by atoms with Crippen LogP contribution in [0.1, 0.15) is 5.56 Å². The van der Waals surface area contributed by atoms with Gasteiger partial charge in [0, 0.05) is 11.8 Å². The van der Waals surface area contributed by atoms with Crippen LogP contribution in [0.5, 0.6) is 11.6 Å². The maximum absolute atomic E-state index is 9.55. The van der Waals surface area contributed by atoms with Crippen LogP contribution in [0.2, 0.25) is 0 Å². The average Bonchev–Trinajstić information content (AvgIpc) is 2.38. The van der Waals surface area contributed by atoms with Gasteiger partial charge < -0.3 is 15.6 Å². The maximum atomic E-state index is 9.55. The Morgan fingerprint density at radius 2 is 2.17 bits per heavy atom. The molecule has 90 valence electrons. The molecule has 0 aliphatic carbocycles. The van der Waals surface area contributed by atoms with Crippen LogP contribution >= 0.6 is 0 Å². The van der Waals surface area contributed by atoms with Gasteiger partial charge in [-0.25, -0.2) is 4.98 Å². The first-order chi connectivity index (χ1) is 8.65. The third kappa shape index (κ3) is 1.99. The first kappa shape index (κ1) is 11.6. The number of hydrogen-bond donors (Lipinski definition) is 2. The summed E-state index contributed by atoms with van der Waals surface area (Å²) in [6, 6.07) is 3.46. The van der Waals surface area contributed by atoms with Crippen molar-refractivity contribution in [2.24, 2.45) is 0 Å². The quantitative estimate of drug-likeness (QED) is 0.797. The summed E-state index contributed by atoms with van der Waals surface area (Å²) in [5, 5.41) is 18.6. The van der Waals surface area contributed by atoms with Crippen molar-refractivity contribution in [3.05, 3.63) is 24.0 Å². The largest absolute Gasteiger partial charge is 0.495 e. The van der Waals surface area contributed by atoms with Crippen molar-refractivity contribution in [3.63, 3.8) is 0 Å². The SMILES string of the molecule is COc1cncc(-c2nc(N)nc(O)c2C#N)c1. The summed E-state index contributed by atoms with van der Waals surface area (Å²) in [7, 11) is 1.50. The molecule has 0 radical (unpaired) electrons. The number of ether oxygens (including phenoxy) is 1. The molecule has 7 heteroatoms. The zero-order valence-corrected chi connectivity index (χ0v) is 9.45. The zero-order chi connectivity index (χ0) is 13.1. The standard InChI is InChI=1S/C11H9N5O2/c1-18-7-2-6(4-14-5-7)9-8(3-12)10(17)16-11(13)15-9/h2,4-5H,1H3,(H3,13,15,16,17). The van der Waals surface area contributed by atoms with Crippen molar-refractivity contribution in [2.45, 2.75) is 0 Å². The summed E-state index contributed by atoms with van der Waals surface area (Å²) in [6.07, 6.45) is 3.00.